The highest BCUT2D eigenvalue weighted by atomic mass is 16.5. The van der Waals surface area contributed by atoms with Crippen LogP contribution < -0.4 is 15.7 Å². The maximum absolute atomic E-state index is 12.0. The van der Waals surface area contributed by atoms with Gasteiger partial charge in [0.1, 0.15) is 11.3 Å². The Bertz CT molecular complexity index is 1010. The lowest BCUT2D eigenvalue weighted by Crippen LogP contribution is -2.31. The lowest BCUT2D eigenvalue weighted by molar-refractivity contribution is -0.123. The summed E-state index contributed by atoms with van der Waals surface area (Å²) in [6.45, 7) is 4.13. The second-order valence-electron chi connectivity index (χ2n) is 7.12. The molecule has 0 unspecified atom stereocenters. The van der Waals surface area contributed by atoms with Crippen molar-refractivity contribution in [3.8, 4) is 5.75 Å². The van der Waals surface area contributed by atoms with Crippen LogP contribution in [0.2, 0.25) is 0 Å². The summed E-state index contributed by atoms with van der Waals surface area (Å²) in [7, 11) is 2.07. The molecule has 0 atom stereocenters. The number of benzene rings is 2. The number of carbonyl (C=O) groups is 1. The number of aryl methyl sites for hydroxylation is 1. The highest BCUT2D eigenvalue weighted by molar-refractivity contribution is 5.81. The molecule has 0 bridgehead atoms. The first-order valence-corrected chi connectivity index (χ1v) is 9.68. The van der Waals surface area contributed by atoms with Crippen LogP contribution in [0.25, 0.3) is 11.0 Å². The topological polar surface area (TPSA) is 71.8 Å². The van der Waals surface area contributed by atoms with Gasteiger partial charge in [-0.3, -0.25) is 4.79 Å². The molecule has 0 aliphatic rings. The summed E-state index contributed by atoms with van der Waals surface area (Å²) < 4.78 is 10.7. The number of rotatable bonds is 9. The van der Waals surface area contributed by atoms with Crippen LogP contribution in [0.3, 0.4) is 0 Å². The van der Waals surface area contributed by atoms with Crippen LogP contribution in [-0.2, 0) is 11.3 Å². The van der Waals surface area contributed by atoms with Gasteiger partial charge in [0.05, 0.1) is 0 Å². The van der Waals surface area contributed by atoms with Gasteiger partial charge >= 0.3 is 5.63 Å². The summed E-state index contributed by atoms with van der Waals surface area (Å²) in [6, 6.07) is 17.0. The Hall–Kier alpha value is -3.12. The van der Waals surface area contributed by atoms with Gasteiger partial charge in [0, 0.05) is 30.6 Å². The molecule has 1 amide bonds. The molecule has 3 rings (SSSR count). The van der Waals surface area contributed by atoms with Crippen LogP contribution in [0, 0.1) is 6.92 Å². The van der Waals surface area contributed by atoms with E-state index in [0.717, 1.165) is 30.5 Å². The van der Waals surface area contributed by atoms with Gasteiger partial charge in [-0.2, -0.15) is 0 Å². The molecular formula is C23H26N2O4. The highest BCUT2D eigenvalue weighted by Gasteiger charge is 2.07. The molecule has 3 aromatic rings. The molecule has 0 aliphatic carbocycles. The van der Waals surface area contributed by atoms with E-state index in [1.165, 1.54) is 11.6 Å². The Morgan fingerprint density at radius 2 is 1.93 bits per heavy atom. The van der Waals surface area contributed by atoms with Crippen LogP contribution >= 0.6 is 0 Å². The quantitative estimate of drug-likeness (QED) is 0.446. The fourth-order valence-corrected chi connectivity index (χ4v) is 3.15. The molecule has 1 N–H and O–H groups in total. The summed E-state index contributed by atoms with van der Waals surface area (Å²) >= 11 is 0. The molecule has 152 valence electrons. The maximum Gasteiger partial charge on any atom is 0.336 e. The van der Waals surface area contributed by atoms with E-state index in [2.05, 4.69) is 29.4 Å². The molecule has 6 heteroatoms. The third-order valence-electron chi connectivity index (χ3n) is 4.63. The normalized spacial score (nSPS) is 11.0. The average Bonchev–Trinajstić information content (AvgIpc) is 2.70. The molecule has 6 nitrogen and oxygen atoms in total. The number of nitrogens with one attached hydrogen (secondary N) is 1. The predicted molar refractivity (Wildman–Crippen MR) is 113 cm³/mol. The number of nitrogens with zero attached hydrogens (tertiary/aromatic N) is 1. The Balaban J connectivity index is 1.39. The molecule has 1 aromatic heterocycles. The van der Waals surface area contributed by atoms with Crippen molar-refractivity contribution in [3.05, 3.63) is 76.1 Å². The van der Waals surface area contributed by atoms with Gasteiger partial charge in [0.2, 0.25) is 0 Å². The molecule has 29 heavy (non-hydrogen) atoms. The highest BCUT2D eigenvalue weighted by Crippen LogP contribution is 2.22. The number of ether oxygens (including phenoxy) is 1. The van der Waals surface area contributed by atoms with Gasteiger partial charge in [0.15, 0.2) is 6.61 Å². The van der Waals surface area contributed by atoms with Crippen molar-refractivity contribution in [2.75, 3.05) is 26.7 Å². The van der Waals surface area contributed by atoms with Crippen molar-refractivity contribution in [1.29, 1.82) is 0 Å². The Morgan fingerprint density at radius 1 is 1.14 bits per heavy atom. The van der Waals surface area contributed by atoms with E-state index >= 15 is 0 Å². The van der Waals surface area contributed by atoms with Crippen LogP contribution in [0.4, 0.5) is 0 Å². The van der Waals surface area contributed by atoms with E-state index in [1.807, 2.05) is 31.2 Å². The number of hydrogen-bond acceptors (Lipinski definition) is 5. The van der Waals surface area contributed by atoms with E-state index in [9.17, 15) is 9.59 Å². The van der Waals surface area contributed by atoms with Crippen molar-refractivity contribution in [2.45, 2.75) is 19.9 Å². The minimum Gasteiger partial charge on any atom is -0.484 e. The smallest absolute Gasteiger partial charge is 0.336 e. The van der Waals surface area contributed by atoms with Gasteiger partial charge in [-0.05, 0) is 50.2 Å². The second-order valence-corrected chi connectivity index (χ2v) is 7.12. The Morgan fingerprint density at radius 3 is 2.72 bits per heavy atom. The third kappa shape index (κ3) is 6.19. The fraction of sp³-hybridized carbons (Fsp3) is 0.304. The lowest BCUT2D eigenvalue weighted by atomic mass is 10.1. The van der Waals surface area contributed by atoms with Gasteiger partial charge in [0.25, 0.3) is 5.91 Å². The Kier molecular flexibility index (Phi) is 7.03. The molecule has 0 saturated carbocycles. The zero-order valence-corrected chi connectivity index (χ0v) is 16.8. The first-order chi connectivity index (χ1) is 14.0. The summed E-state index contributed by atoms with van der Waals surface area (Å²) in [4.78, 5) is 25.7. The van der Waals surface area contributed by atoms with Gasteiger partial charge in [-0.25, -0.2) is 4.79 Å². The molecule has 2 aromatic carbocycles. The van der Waals surface area contributed by atoms with E-state index < -0.39 is 5.63 Å². The van der Waals surface area contributed by atoms with Gasteiger partial charge < -0.3 is 19.4 Å². The van der Waals surface area contributed by atoms with Crippen molar-refractivity contribution in [3.63, 3.8) is 0 Å². The van der Waals surface area contributed by atoms with Gasteiger partial charge in [-0.15, -0.1) is 0 Å². The molecule has 0 spiro atoms. The summed E-state index contributed by atoms with van der Waals surface area (Å²) in [5.41, 5.74) is 2.17. The van der Waals surface area contributed by atoms with E-state index in [-0.39, 0.29) is 12.5 Å². The molecule has 0 saturated heterocycles. The number of fused-ring (bicyclic) bond motifs is 1. The van der Waals surface area contributed by atoms with Crippen molar-refractivity contribution >= 4 is 16.9 Å². The van der Waals surface area contributed by atoms with E-state index in [4.69, 9.17) is 9.15 Å². The first kappa shape index (κ1) is 20.6. The summed E-state index contributed by atoms with van der Waals surface area (Å²) in [5, 5.41) is 3.71. The van der Waals surface area contributed by atoms with Crippen LogP contribution in [0.15, 0.2) is 63.8 Å². The fourth-order valence-electron chi connectivity index (χ4n) is 3.15. The zero-order valence-electron chi connectivity index (χ0n) is 16.8. The number of carbonyl (C=O) groups excluding carboxylic acids is 1. The molecular weight excluding hydrogens is 368 g/mol. The third-order valence-corrected chi connectivity index (χ3v) is 4.63. The van der Waals surface area contributed by atoms with Crippen molar-refractivity contribution in [2.24, 2.45) is 0 Å². The first-order valence-electron chi connectivity index (χ1n) is 9.68. The summed E-state index contributed by atoms with van der Waals surface area (Å²) in [6.07, 6.45) is 0.857. The standard InChI is InChI=1S/C23H26N2O4/c1-17-13-23(27)29-21-14-19(9-10-20(17)21)28-16-22(26)24-11-6-12-25(2)15-18-7-4-3-5-8-18/h3-5,7-10,13-14H,6,11-12,15-16H2,1-2H3,(H,24,26). The van der Waals surface area contributed by atoms with Crippen LogP contribution in [-0.4, -0.2) is 37.6 Å². The van der Waals surface area contributed by atoms with E-state index in [0.29, 0.717) is 17.9 Å². The van der Waals surface area contributed by atoms with Crippen molar-refractivity contribution < 1.29 is 13.9 Å². The lowest BCUT2D eigenvalue weighted by Gasteiger charge is -2.16. The SMILES string of the molecule is Cc1cc(=O)oc2cc(OCC(=O)NCCCN(C)Cc3ccccc3)ccc12. The molecule has 1 heterocycles. The van der Waals surface area contributed by atoms with E-state index in [1.54, 1.807) is 12.1 Å². The number of hydrogen-bond donors (Lipinski definition) is 1. The van der Waals surface area contributed by atoms with Crippen LogP contribution in [0.1, 0.15) is 17.5 Å². The molecule has 0 aliphatic heterocycles. The molecule has 0 radical (unpaired) electrons. The number of amides is 1. The maximum atomic E-state index is 12.0. The monoisotopic (exact) mass is 394 g/mol. The zero-order chi connectivity index (χ0) is 20.6. The second kappa shape index (κ2) is 9.89. The minimum atomic E-state index is -0.401. The minimum absolute atomic E-state index is 0.0819. The molecule has 0 fully saturated rings. The Labute approximate surface area is 170 Å². The average molecular weight is 394 g/mol. The van der Waals surface area contributed by atoms with Crippen LogP contribution in [0.5, 0.6) is 5.75 Å². The van der Waals surface area contributed by atoms with Crippen molar-refractivity contribution in [1.82, 2.24) is 10.2 Å². The summed E-state index contributed by atoms with van der Waals surface area (Å²) in [5.74, 6) is 0.311. The largest absolute Gasteiger partial charge is 0.484 e. The van der Waals surface area contributed by atoms with Gasteiger partial charge in [-0.1, -0.05) is 30.3 Å². The predicted octanol–water partition coefficient (Wildman–Crippen LogP) is 3.12.